The van der Waals surface area contributed by atoms with Crippen LogP contribution in [-0.4, -0.2) is 38.1 Å². The molecule has 3 rings (SSSR count). The van der Waals surface area contributed by atoms with Crippen molar-refractivity contribution in [2.75, 3.05) is 25.6 Å². The number of carbonyl (C=O) groups excluding carboxylic acids is 1. The maximum Gasteiger partial charge on any atom is 0.350 e. The molecule has 2 aliphatic rings. The van der Waals surface area contributed by atoms with Crippen LogP contribution in [0.5, 0.6) is 0 Å². The first-order chi connectivity index (χ1) is 11.7. The first-order valence-electron chi connectivity index (χ1n) is 8.93. The van der Waals surface area contributed by atoms with Gasteiger partial charge < -0.3 is 19.5 Å². The minimum absolute atomic E-state index is 0.280. The van der Waals surface area contributed by atoms with Gasteiger partial charge in [-0.25, -0.2) is 4.79 Å². The molecule has 0 atom stereocenters. The lowest BCUT2D eigenvalue weighted by Gasteiger charge is -2.35. The Hall–Kier alpha value is -1.11. The summed E-state index contributed by atoms with van der Waals surface area (Å²) in [6, 6.07) is 2.29. The predicted octanol–water partition coefficient (Wildman–Crippen LogP) is 4.68. The van der Waals surface area contributed by atoms with Crippen LogP contribution in [0, 0.1) is 0 Å². The van der Waals surface area contributed by atoms with Gasteiger partial charge in [0.1, 0.15) is 4.88 Å². The van der Waals surface area contributed by atoms with Crippen molar-refractivity contribution in [3.8, 4) is 0 Å². The summed E-state index contributed by atoms with van der Waals surface area (Å²) in [5.41, 5.74) is 0.871. The molecule has 1 N–H and O–H groups in total. The maximum absolute atomic E-state index is 11.6. The Bertz CT molecular complexity index is 473. The van der Waals surface area contributed by atoms with Crippen molar-refractivity contribution < 1.29 is 19.0 Å². The molecule has 6 heteroatoms. The number of thiophene rings is 1. The first kappa shape index (κ1) is 20.9. The number of esters is 1. The molecule has 1 spiro atoms. The number of nitrogens with one attached hydrogen (secondary N) is 1. The molecule has 2 heterocycles. The van der Waals surface area contributed by atoms with Crippen molar-refractivity contribution >= 4 is 23.0 Å². The maximum atomic E-state index is 11.6. The molecule has 1 aliphatic carbocycles. The van der Waals surface area contributed by atoms with Crippen LogP contribution in [0.2, 0.25) is 0 Å². The topological polar surface area (TPSA) is 56.8 Å². The summed E-state index contributed by atoms with van der Waals surface area (Å²) in [4.78, 5) is 12.3. The molecule has 0 aromatic carbocycles. The minimum atomic E-state index is -0.335. The molecule has 1 aliphatic heterocycles. The largest absolute Gasteiger partial charge is 0.465 e. The molecule has 1 saturated heterocycles. The molecular formula is C18H31NO4S. The van der Waals surface area contributed by atoms with E-state index < -0.39 is 0 Å². The highest BCUT2D eigenvalue weighted by Crippen LogP contribution is 2.37. The van der Waals surface area contributed by atoms with Crippen molar-refractivity contribution in [2.24, 2.45) is 0 Å². The normalized spacial score (nSPS) is 18.9. The van der Waals surface area contributed by atoms with Crippen molar-refractivity contribution in [3.63, 3.8) is 0 Å². The van der Waals surface area contributed by atoms with Gasteiger partial charge >= 0.3 is 5.97 Å². The van der Waals surface area contributed by atoms with Gasteiger partial charge in [-0.1, -0.05) is 27.7 Å². The molecule has 5 nitrogen and oxygen atoms in total. The minimum Gasteiger partial charge on any atom is -0.465 e. The molecular weight excluding hydrogens is 326 g/mol. The molecule has 1 aromatic rings. The average molecular weight is 358 g/mol. The van der Waals surface area contributed by atoms with Gasteiger partial charge in [0.2, 0.25) is 0 Å². The molecule has 0 radical (unpaired) electrons. The highest BCUT2D eigenvalue weighted by molar-refractivity contribution is 7.12. The van der Waals surface area contributed by atoms with Crippen LogP contribution in [0.15, 0.2) is 11.4 Å². The first-order valence-corrected chi connectivity index (χ1v) is 9.81. The summed E-state index contributed by atoms with van der Waals surface area (Å²) in [5, 5.41) is 5.35. The molecule has 0 unspecified atom stereocenters. The highest BCUT2D eigenvalue weighted by atomic mass is 32.1. The van der Waals surface area contributed by atoms with Gasteiger partial charge in [0.15, 0.2) is 5.79 Å². The number of hydrogen-bond acceptors (Lipinski definition) is 6. The van der Waals surface area contributed by atoms with Gasteiger partial charge in [-0.05, 0) is 24.3 Å². The zero-order valence-corrected chi connectivity index (χ0v) is 16.3. The van der Waals surface area contributed by atoms with E-state index in [4.69, 9.17) is 14.2 Å². The van der Waals surface area contributed by atoms with E-state index in [-0.39, 0.29) is 11.8 Å². The zero-order chi connectivity index (χ0) is 18.0. The van der Waals surface area contributed by atoms with Crippen LogP contribution in [-0.2, 0) is 14.2 Å². The molecule has 138 valence electrons. The van der Waals surface area contributed by atoms with E-state index in [9.17, 15) is 4.79 Å². The van der Waals surface area contributed by atoms with E-state index in [0.717, 1.165) is 31.4 Å². The quantitative estimate of drug-likeness (QED) is 0.796. The zero-order valence-electron chi connectivity index (χ0n) is 15.5. The number of methoxy groups -OCH3 is 1. The summed E-state index contributed by atoms with van der Waals surface area (Å²) >= 11 is 1.40. The monoisotopic (exact) mass is 357 g/mol. The summed E-state index contributed by atoms with van der Waals surface area (Å²) in [6.45, 7) is 9.41. The Morgan fingerprint density at radius 2 is 1.79 bits per heavy atom. The van der Waals surface area contributed by atoms with Gasteiger partial charge in [-0.2, -0.15) is 0 Å². The van der Waals surface area contributed by atoms with Gasteiger partial charge in [0.25, 0.3) is 0 Å². The fraction of sp³-hybridized carbons (Fsp3) is 0.722. The van der Waals surface area contributed by atoms with Crippen LogP contribution >= 0.6 is 11.3 Å². The molecule has 1 aromatic heterocycles. The Labute approximate surface area is 149 Å². The van der Waals surface area contributed by atoms with Crippen LogP contribution in [0.4, 0.5) is 5.69 Å². The summed E-state index contributed by atoms with van der Waals surface area (Å²) in [6.07, 6.45) is 3.78. The predicted molar refractivity (Wildman–Crippen MR) is 98.9 cm³/mol. The van der Waals surface area contributed by atoms with Crippen LogP contribution in [0.1, 0.15) is 63.0 Å². The van der Waals surface area contributed by atoms with Crippen LogP contribution in [0.25, 0.3) is 0 Å². The Morgan fingerprint density at radius 3 is 2.33 bits per heavy atom. The van der Waals surface area contributed by atoms with Gasteiger partial charge in [-0.3, -0.25) is 0 Å². The van der Waals surface area contributed by atoms with Gasteiger partial charge in [0, 0.05) is 18.9 Å². The van der Waals surface area contributed by atoms with E-state index in [1.165, 1.54) is 18.4 Å². The van der Waals surface area contributed by atoms with Crippen molar-refractivity contribution in [3.05, 3.63) is 16.3 Å². The van der Waals surface area contributed by atoms with E-state index in [0.29, 0.717) is 24.1 Å². The third-order valence-electron chi connectivity index (χ3n) is 3.96. The lowest BCUT2D eigenvalue weighted by molar-refractivity contribution is -0.177. The number of ether oxygens (including phenoxy) is 3. The third kappa shape index (κ3) is 5.19. The van der Waals surface area contributed by atoms with Crippen molar-refractivity contribution in [1.29, 1.82) is 0 Å². The molecule has 0 bridgehead atoms. The van der Waals surface area contributed by atoms with E-state index in [1.807, 2.05) is 39.1 Å². The smallest absolute Gasteiger partial charge is 0.350 e. The Kier molecular flexibility index (Phi) is 9.33. The Morgan fingerprint density at radius 1 is 1.21 bits per heavy atom. The molecule has 1 saturated carbocycles. The summed E-state index contributed by atoms with van der Waals surface area (Å²) < 4.78 is 16.2. The van der Waals surface area contributed by atoms with Crippen molar-refractivity contribution in [2.45, 2.75) is 65.2 Å². The van der Waals surface area contributed by atoms with Crippen LogP contribution in [0.3, 0.4) is 0 Å². The SMILES string of the molecule is CC.CC.COC(=O)c1sccc1NC1CCC2(CC1)OCCO2. The Balaban J connectivity index is 0.000000671. The van der Waals surface area contributed by atoms with E-state index in [1.54, 1.807) is 0 Å². The number of carbonyl (C=O) groups is 1. The van der Waals surface area contributed by atoms with Crippen molar-refractivity contribution in [1.82, 2.24) is 0 Å². The van der Waals surface area contributed by atoms with E-state index >= 15 is 0 Å². The fourth-order valence-corrected chi connectivity index (χ4v) is 3.65. The highest BCUT2D eigenvalue weighted by Gasteiger charge is 2.40. The lowest BCUT2D eigenvalue weighted by Crippen LogP contribution is -2.39. The molecule has 24 heavy (non-hydrogen) atoms. The second kappa shape index (κ2) is 10.7. The average Bonchev–Trinajstić information content (AvgIpc) is 3.30. The fourth-order valence-electron chi connectivity index (χ4n) is 2.88. The summed E-state index contributed by atoms with van der Waals surface area (Å²) in [5.74, 6) is -0.616. The van der Waals surface area contributed by atoms with Crippen LogP contribution < -0.4 is 5.32 Å². The molecule has 2 fully saturated rings. The second-order valence-electron chi connectivity index (χ2n) is 5.18. The number of rotatable bonds is 3. The van der Waals surface area contributed by atoms with Gasteiger partial charge in [-0.15, -0.1) is 11.3 Å². The lowest BCUT2D eigenvalue weighted by atomic mass is 9.90. The third-order valence-corrected chi connectivity index (χ3v) is 4.85. The number of hydrogen-bond donors (Lipinski definition) is 1. The summed E-state index contributed by atoms with van der Waals surface area (Å²) in [7, 11) is 1.41. The van der Waals surface area contributed by atoms with Gasteiger partial charge in [0.05, 0.1) is 26.0 Å². The number of anilines is 1. The second-order valence-corrected chi connectivity index (χ2v) is 6.10. The molecule has 0 amide bonds. The van der Waals surface area contributed by atoms with E-state index in [2.05, 4.69) is 5.32 Å². The standard InChI is InChI=1S/C14H19NO4S.2C2H6/c1-17-13(16)12-11(4-9-20-12)15-10-2-5-14(6-3-10)18-7-8-19-14;2*1-2/h4,9-10,15H,2-3,5-8H2,1H3;2*1-2H3.